The zero-order chi connectivity index (χ0) is 16.6. The molecule has 1 aromatic carbocycles. The highest BCUT2D eigenvalue weighted by molar-refractivity contribution is 8.00. The summed E-state index contributed by atoms with van der Waals surface area (Å²) in [5.74, 6) is 0.579. The summed E-state index contributed by atoms with van der Waals surface area (Å²) in [6, 6.07) is 8.90. The lowest BCUT2D eigenvalue weighted by Crippen LogP contribution is -2.30. The van der Waals surface area contributed by atoms with Crippen molar-refractivity contribution in [3.63, 3.8) is 0 Å². The summed E-state index contributed by atoms with van der Waals surface area (Å²) in [6.45, 7) is 3.77. The number of furan rings is 1. The van der Waals surface area contributed by atoms with Crippen LogP contribution < -0.4 is 5.32 Å². The van der Waals surface area contributed by atoms with Crippen molar-refractivity contribution in [3.8, 4) is 0 Å². The predicted octanol–water partition coefficient (Wildman–Crippen LogP) is 3.55. The van der Waals surface area contributed by atoms with Gasteiger partial charge in [0.05, 0.1) is 23.2 Å². The van der Waals surface area contributed by atoms with E-state index in [1.54, 1.807) is 36.4 Å². The van der Waals surface area contributed by atoms with Gasteiger partial charge in [-0.1, -0.05) is 0 Å². The summed E-state index contributed by atoms with van der Waals surface area (Å²) in [4.78, 5) is 27.1. The highest BCUT2D eigenvalue weighted by Gasteiger charge is 2.25. The number of thioether (sulfide) groups is 1. The van der Waals surface area contributed by atoms with Gasteiger partial charge in [-0.05, 0) is 44.2 Å². The van der Waals surface area contributed by atoms with E-state index in [-0.39, 0.29) is 23.1 Å². The minimum absolute atomic E-state index is 0.0376. The van der Waals surface area contributed by atoms with Crippen molar-refractivity contribution in [2.45, 2.75) is 30.0 Å². The van der Waals surface area contributed by atoms with Crippen LogP contribution in [0.3, 0.4) is 0 Å². The minimum atomic E-state index is -0.169. The molecule has 1 aliphatic heterocycles. The van der Waals surface area contributed by atoms with Crippen molar-refractivity contribution in [1.29, 1.82) is 0 Å². The molecule has 0 aliphatic carbocycles. The molecule has 2 aromatic rings. The number of hydrogen-bond acceptors (Lipinski definition) is 4. The molecule has 0 spiro atoms. The third-order valence-corrected chi connectivity index (χ3v) is 5.19. The third kappa shape index (κ3) is 2.99. The van der Waals surface area contributed by atoms with E-state index in [9.17, 15) is 9.59 Å². The minimum Gasteiger partial charge on any atom is -0.467 e. The molecule has 0 saturated heterocycles. The van der Waals surface area contributed by atoms with Crippen molar-refractivity contribution in [3.05, 3.63) is 47.9 Å². The third-order valence-electron chi connectivity index (χ3n) is 4.01. The second kappa shape index (κ2) is 6.12. The van der Waals surface area contributed by atoms with Gasteiger partial charge in [0.25, 0.3) is 5.91 Å². The monoisotopic (exact) mass is 330 g/mol. The summed E-state index contributed by atoms with van der Waals surface area (Å²) < 4.78 is 5.36. The highest BCUT2D eigenvalue weighted by atomic mass is 32.2. The SMILES string of the molecule is CC1Sc2ccc(C(=O)N(C)C(C)c3ccco3)cc2NC1=O. The Morgan fingerprint density at radius 3 is 2.87 bits per heavy atom. The van der Waals surface area contributed by atoms with Gasteiger partial charge in [0.1, 0.15) is 5.76 Å². The van der Waals surface area contributed by atoms with Crippen LogP contribution in [0.4, 0.5) is 5.69 Å². The van der Waals surface area contributed by atoms with E-state index < -0.39 is 0 Å². The first kappa shape index (κ1) is 15.7. The fourth-order valence-electron chi connectivity index (χ4n) is 2.44. The number of amides is 2. The van der Waals surface area contributed by atoms with E-state index in [2.05, 4.69) is 5.32 Å². The summed E-state index contributed by atoms with van der Waals surface area (Å²) in [5, 5.41) is 2.73. The number of nitrogens with one attached hydrogen (secondary N) is 1. The molecule has 1 aromatic heterocycles. The van der Waals surface area contributed by atoms with Crippen LogP contribution in [0.25, 0.3) is 0 Å². The molecule has 0 saturated carbocycles. The zero-order valence-electron chi connectivity index (χ0n) is 13.2. The first-order valence-electron chi connectivity index (χ1n) is 7.39. The molecular formula is C17H18N2O3S. The molecule has 0 radical (unpaired) electrons. The Labute approximate surface area is 139 Å². The average molecular weight is 330 g/mol. The summed E-state index contributed by atoms with van der Waals surface area (Å²) in [6.07, 6.45) is 1.59. The van der Waals surface area contributed by atoms with Gasteiger partial charge in [0.2, 0.25) is 5.91 Å². The first-order chi connectivity index (χ1) is 11.0. The van der Waals surface area contributed by atoms with Crippen LogP contribution in [-0.2, 0) is 4.79 Å². The molecule has 23 heavy (non-hydrogen) atoms. The van der Waals surface area contributed by atoms with Crippen LogP contribution in [0, 0.1) is 0 Å². The van der Waals surface area contributed by atoms with Crippen LogP contribution in [0.5, 0.6) is 0 Å². The van der Waals surface area contributed by atoms with Gasteiger partial charge in [-0.3, -0.25) is 9.59 Å². The molecular weight excluding hydrogens is 312 g/mol. The molecule has 1 N–H and O–H groups in total. The Morgan fingerprint density at radius 2 is 2.17 bits per heavy atom. The normalized spacial score (nSPS) is 18.0. The quantitative estimate of drug-likeness (QED) is 0.935. The van der Waals surface area contributed by atoms with Gasteiger partial charge in [-0.25, -0.2) is 0 Å². The molecule has 5 nitrogen and oxygen atoms in total. The number of benzene rings is 1. The topological polar surface area (TPSA) is 62.6 Å². The molecule has 6 heteroatoms. The number of hydrogen-bond donors (Lipinski definition) is 1. The second-order valence-electron chi connectivity index (χ2n) is 5.57. The Balaban J connectivity index is 1.83. The van der Waals surface area contributed by atoms with E-state index in [4.69, 9.17) is 4.42 Å². The Hall–Kier alpha value is -2.21. The molecule has 2 amide bonds. The van der Waals surface area contributed by atoms with Gasteiger partial charge in [0, 0.05) is 17.5 Å². The highest BCUT2D eigenvalue weighted by Crippen LogP contribution is 2.36. The number of carbonyl (C=O) groups excluding carboxylic acids is 2. The van der Waals surface area contributed by atoms with Crippen molar-refractivity contribution < 1.29 is 14.0 Å². The zero-order valence-corrected chi connectivity index (χ0v) is 14.0. The lowest BCUT2D eigenvalue weighted by molar-refractivity contribution is -0.115. The predicted molar refractivity (Wildman–Crippen MR) is 89.6 cm³/mol. The number of rotatable bonds is 3. The Bertz CT molecular complexity index is 742. The van der Waals surface area contributed by atoms with Crippen molar-refractivity contribution >= 4 is 29.3 Å². The number of carbonyl (C=O) groups is 2. The lowest BCUT2D eigenvalue weighted by atomic mass is 10.1. The molecule has 2 atom stereocenters. The average Bonchev–Trinajstić information content (AvgIpc) is 3.08. The molecule has 0 fully saturated rings. The molecule has 3 rings (SSSR count). The maximum absolute atomic E-state index is 12.7. The van der Waals surface area contributed by atoms with Crippen LogP contribution in [0.15, 0.2) is 45.9 Å². The van der Waals surface area contributed by atoms with E-state index >= 15 is 0 Å². The number of nitrogens with zero attached hydrogens (tertiary/aromatic N) is 1. The lowest BCUT2D eigenvalue weighted by Gasteiger charge is -2.25. The van der Waals surface area contributed by atoms with Crippen molar-refractivity contribution in [2.24, 2.45) is 0 Å². The maximum Gasteiger partial charge on any atom is 0.254 e. The summed E-state index contributed by atoms with van der Waals surface area (Å²) in [7, 11) is 1.74. The van der Waals surface area contributed by atoms with E-state index in [0.29, 0.717) is 11.3 Å². The Kier molecular flexibility index (Phi) is 4.17. The smallest absolute Gasteiger partial charge is 0.254 e. The first-order valence-corrected chi connectivity index (χ1v) is 8.27. The fourth-order valence-corrected chi connectivity index (χ4v) is 3.37. The van der Waals surface area contributed by atoms with Gasteiger partial charge in [-0.2, -0.15) is 0 Å². The van der Waals surface area contributed by atoms with Crippen molar-refractivity contribution in [1.82, 2.24) is 4.90 Å². The molecule has 2 unspecified atom stereocenters. The van der Waals surface area contributed by atoms with Gasteiger partial charge in [0.15, 0.2) is 0 Å². The molecule has 1 aliphatic rings. The maximum atomic E-state index is 12.7. The molecule has 0 bridgehead atoms. The van der Waals surface area contributed by atoms with Crippen molar-refractivity contribution in [2.75, 3.05) is 12.4 Å². The molecule has 120 valence electrons. The largest absolute Gasteiger partial charge is 0.467 e. The van der Waals surface area contributed by atoms with Gasteiger partial charge in [-0.15, -0.1) is 11.8 Å². The fraction of sp³-hybridized carbons (Fsp3) is 0.294. The summed E-state index contributed by atoms with van der Waals surface area (Å²) in [5.41, 5.74) is 1.24. The molecule has 2 heterocycles. The van der Waals surface area contributed by atoms with Gasteiger partial charge < -0.3 is 14.6 Å². The van der Waals surface area contributed by atoms with Crippen LogP contribution >= 0.6 is 11.8 Å². The van der Waals surface area contributed by atoms with Crippen LogP contribution in [-0.4, -0.2) is 29.0 Å². The van der Waals surface area contributed by atoms with E-state index in [1.807, 2.05) is 26.0 Å². The van der Waals surface area contributed by atoms with Crippen LogP contribution in [0.2, 0.25) is 0 Å². The number of anilines is 1. The summed E-state index contributed by atoms with van der Waals surface area (Å²) >= 11 is 1.50. The standard InChI is InChI=1S/C17H18N2O3S/c1-10(14-5-4-8-22-14)19(3)17(21)12-6-7-15-13(9-12)18-16(20)11(2)23-15/h4-11H,1-3H3,(H,18,20). The van der Waals surface area contributed by atoms with E-state index in [0.717, 1.165) is 10.7 Å². The second-order valence-corrected chi connectivity index (χ2v) is 6.95. The van der Waals surface area contributed by atoms with Crippen LogP contribution in [0.1, 0.15) is 36.0 Å². The Morgan fingerprint density at radius 1 is 1.39 bits per heavy atom. The van der Waals surface area contributed by atoms with E-state index in [1.165, 1.54) is 11.8 Å². The number of fused-ring (bicyclic) bond motifs is 1. The van der Waals surface area contributed by atoms with Gasteiger partial charge >= 0.3 is 0 Å².